The first-order chi connectivity index (χ1) is 17.0. The molecule has 0 atom stereocenters. The van der Waals surface area contributed by atoms with E-state index >= 15 is 0 Å². The molecule has 1 amide bonds. The Balaban J connectivity index is 1.44. The van der Waals surface area contributed by atoms with Crippen molar-refractivity contribution in [2.45, 2.75) is 24.2 Å². The van der Waals surface area contributed by atoms with Gasteiger partial charge < -0.3 is 15.0 Å². The summed E-state index contributed by atoms with van der Waals surface area (Å²) in [4.78, 5) is 15.6. The number of benzene rings is 2. The number of nitrogens with one attached hydrogen (secondary N) is 1. The molecule has 0 spiro atoms. The first-order valence-electron chi connectivity index (χ1n) is 11.6. The Morgan fingerprint density at radius 3 is 2.37 bits per heavy atom. The van der Waals surface area contributed by atoms with Crippen molar-refractivity contribution in [3.05, 3.63) is 54.4 Å². The first-order valence-corrected chi connectivity index (χ1v) is 13.1. The summed E-state index contributed by atoms with van der Waals surface area (Å²) in [6.45, 7) is 3.35. The molecule has 0 aliphatic carbocycles. The van der Waals surface area contributed by atoms with Crippen LogP contribution in [-0.2, 0) is 14.8 Å². The van der Waals surface area contributed by atoms with E-state index in [1.807, 2.05) is 0 Å². The quantitative estimate of drug-likeness (QED) is 0.548. The standard InChI is InChI=1S/C23H27N7O4S/c31-23(25-18-4-6-19(7-5-18)30-17-24-26-27-30)21-16-20(35(32,33)29-10-2-1-3-11-29)8-9-22(21)28-12-14-34-15-13-28/h4-9,16-17H,1-3,10-15H2,(H,25,31). The van der Waals surface area contributed by atoms with E-state index in [9.17, 15) is 13.2 Å². The topological polar surface area (TPSA) is 123 Å². The van der Waals surface area contributed by atoms with Gasteiger partial charge in [-0.25, -0.2) is 13.1 Å². The molecule has 2 aliphatic heterocycles. The molecule has 35 heavy (non-hydrogen) atoms. The Labute approximate surface area is 203 Å². The molecule has 1 N–H and O–H groups in total. The fraction of sp³-hybridized carbons (Fsp3) is 0.391. The lowest BCUT2D eigenvalue weighted by atomic mass is 10.1. The number of anilines is 2. The molecule has 2 aliphatic rings. The second-order valence-electron chi connectivity index (χ2n) is 8.50. The zero-order valence-electron chi connectivity index (χ0n) is 19.2. The van der Waals surface area contributed by atoms with Crippen LogP contribution in [0.15, 0.2) is 53.7 Å². The number of carbonyl (C=O) groups is 1. The third kappa shape index (κ3) is 5.04. The van der Waals surface area contributed by atoms with Gasteiger partial charge >= 0.3 is 0 Å². The number of sulfonamides is 1. The van der Waals surface area contributed by atoms with Crippen molar-refractivity contribution in [2.24, 2.45) is 0 Å². The number of rotatable bonds is 6. The minimum absolute atomic E-state index is 0.135. The van der Waals surface area contributed by atoms with Gasteiger partial charge in [-0.05, 0) is 65.7 Å². The Kier molecular flexibility index (Phi) is 6.75. The van der Waals surface area contributed by atoms with Crippen molar-refractivity contribution in [2.75, 3.05) is 49.6 Å². The minimum atomic E-state index is -3.68. The van der Waals surface area contributed by atoms with Crippen molar-refractivity contribution in [1.82, 2.24) is 24.5 Å². The lowest BCUT2D eigenvalue weighted by molar-refractivity contribution is 0.102. The third-order valence-corrected chi connectivity index (χ3v) is 8.15. The number of hydrogen-bond acceptors (Lipinski definition) is 8. The van der Waals surface area contributed by atoms with Gasteiger partial charge in [-0.1, -0.05) is 6.42 Å². The van der Waals surface area contributed by atoms with Gasteiger partial charge in [-0.15, -0.1) is 5.10 Å². The molecule has 11 nitrogen and oxygen atoms in total. The Bertz CT molecular complexity index is 1270. The monoisotopic (exact) mass is 497 g/mol. The van der Waals surface area contributed by atoms with Crippen LogP contribution in [-0.4, -0.2) is 78.2 Å². The van der Waals surface area contributed by atoms with Crippen molar-refractivity contribution in [3.63, 3.8) is 0 Å². The molecule has 5 rings (SSSR count). The molecule has 0 radical (unpaired) electrons. The number of amides is 1. The fourth-order valence-corrected chi connectivity index (χ4v) is 5.91. The lowest BCUT2D eigenvalue weighted by Crippen LogP contribution is -2.38. The van der Waals surface area contributed by atoms with Crippen LogP contribution in [0.5, 0.6) is 0 Å². The van der Waals surface area contributed by atoms with Crippen LogP contribution in [0.2, 0.25) is 0 Å². The number of hydrogen-bond donors (Lipinski definition) is 1. The number of ether oxygens (including phenoxy) is 1. The maximum atomic E-state index is 13.4. The number of nitrogens with zero attached hydrogens (tertiary/aromatic N) is 6. The van der Waals surface area contributed by atoms with Crippen LogP contribution in [0.4, 0.5) is 11.4 Å². The zero-order chi connectivity index (χ0) is 24.3. The molecule has 2 saturated heterocycles. The van der Waals surface area contributed by atoms with E-state index in [0.717, 1.165) is 24.9 Å². The molecule has 184 valence electrons. The Hall–Kier alpha value is -3.35. The van der Waals surface area contributed by atoms with Crippen molar-refractivity contribution < 1.29 is 17.9 Å². The molecule has 0 bridgehead atoms. The van der Waals surface area contributed by atoms with E-state index in [4.69, 9.17) is 4.74 Å². The van der Waals surface area contributed by atoms with Crippen molar-refractivity contribution in [1.29, 1.82) is 0 Å². The summed E-state index contributed by atoms with van der Waals surface area (Å²) in [6, 6.07) is 11.9. The lowest BCUT2D eigenvalue weighted by Gasteiger charge is -2.31. The van der Waals surface area contributed by atoms with E-state index in [-0.39, 0.29) is 10.8 Å². The van der Waals surface area contributed by atoms with E-state index < -0.39 is 10.0 Å². The first kappa shape index (κ1) is 23.4. The average molecular weight is 498 g/mol. The Morgan fingerprint density at radius 2 is 1.69 bits per heavy atom. The maximum Gasteiger partial charge on any atom is 0.257 e. The SMILES string of the molecule is O=C(Nc1ccc(-n2cnnn2)cc1)c1cc(S(=O)(=O)N2CCCCC2)ccc1N1CCOCC1. The summed E-state index contributed by atoms with van der Waals surface area (Å²) < 4.78 is 35.1. The predicted octanol–water partition coefficient (Wildman–Crippen LogP) is 1.93. The van der Waals surface area contributed by atoms with Crippen molar-refractivity contribution in [3.8, 4) is 5.69 Å². The number of morpholine rings is 1. The van der Waals surface area contributed by atoms with E-state index in [1.165, 1.54) is 21.4 Å². The highest BCUT2D eigenvalue weighted by Gasteiger charge is 2.28. The molecule has 2 aromatic carbocycles. The average Bonchev–Trinajstić information content (AvgIpc) is 3.45. The number of piperidine rings is 1. The van der Waals surface area contributed by atoms with E-state index in [1.54, 1.807) is 36.4 Å². The van der Waals surface area contributed by atoms with Gasteiger partial charge in [-0.3, -0.25) is 4.79 Å². The summed E-state index contributed by atoms with van der Waals surface area (Å²) in [5.41, 5.74) is 2.32. The second-order valence-corrected chi connectivity index (χ2v) is 10.4. The molecule has 12 heteroatoms. The van der Waals surface area contributed by atoms with Gasteiger partial charge in [0.15, 0.2) is 0 Å². The van der Waals surface area contributed by atoms with Crippen LogP contribution in [0.25, 0.3) is 5.69 Å². The van der Waals surface area contributed by atoms with Gasteiger partial charge in [0.1, 0.15) is 6.33 Å². The fourth-order valence-electron chi connectivity index (χ4n) is 4.37. The zero-order valence-corrected chi connectivity index (χ0v) is 20.0. The minimum Gasteiger partial charge on any atom is -0.378 e. The predicted molar refractivity (Wildman–Crippen MR) is 129 cm³/mol. The van der Waals surface area contributed by atoms with Crippen LogP contribution in [0.3, 0.4) is 0 Å². The highest BCUT2D eigenvalue weighted by atomic mass is 32.2. The van der Waals surface area contributed by atoms with Crippen molar-refractivity contribution >= 4 is 27.3 Å². The molecule has 3 heterocycles. The molecule has 1 aromatic heterocycles. The summed E-state index contributed by atoms with van der Waals surface area (Å²) in [5.74, 6) is -0.377. The largest absolute Gasteiger partial charge is 0.378 e. The molecular weight excluding hydrogens is 470 g/mol. The van der Waals surface area contributed by atoms with Gasteiger partial charge in [0.25, 0.3) is 5.91 Å². The van der Waals surface area contributed by atoms with E-state index in [0.29, 0.717) is 56.3 Å². The van der Waals surface area contributed by atoms with Crippen LogP contribution in [0, 0.1) is 0 Å². The number of aromatic nitrogens is 4. The number of tetrazole rings is 1. The number of carbonyl (C=O) groups excluding carboxylic acids is 1. The van der Waals surface area contributed by atoms with Gasteiger partial charge in [0, 0.05) is 37.6 Å². The van der Waals surface area contributed by atoms with Gasteiger partial charge in [0.05, 0.1) is 29.4 Å². The second kappa shape index (κ2) is 10.1. The normalized spacial score (nSPS) is 17.3. The summed E-state index contributed by atoms with van der Waals surface area (Å²) >= 11 is 0. The third-order valence-electron chi connectivity index (χ3n) is 6.26. The van der Waals surface area contributed by atoms with Crippen LogP contribution >= 0.6 is 0 Å². The maximum absolute atomic E-state index is 13.4. The summed E-state index contributed by atoms with van der Waals surface area (Å²) in [5, 5.41) is 14.0. The summed E-state index contributed by atoms with van der Waals surface area (Å²) in [6.07, 6.45) is 4.20. The van der Waals surface area contributed by atoms with Gasteiger partial charge in [-0.2, -0.15) is 4.31 Å². The molecule has 2 fully saturated rings. The summed E-state index contributed by atoms with van der Waals surface area (Å²) in [7, 11) is -3.68. The molecule has 0 unspecified atom stereocenters. The van der Waals surface area contributed by atoms with E-state index in [2.05, 4.69) is 25.7 Å². The van der Waals surface area contributed by atoms with Crippen LogP contribution in [0.1, 0.15) is 29.6 Å². The Morgan fingerprint density at radius 1 is 0.943 bits per heavy atom. The highest BCUT2D eigenvalue weighted by molar-refractivity contribution is 7.89. The molecular formula is C23H27N7O4S. The molecule has 0 saturated carbocycles. The molecule has 3 aromatic rings. The smallest absolute Gasteiger partial charge is 0.257 e. The van der Waals surface area contributed by atoms with Gasteiger partial charge in [0.2, 0.25) is 10.0 Å². The van der Waals surface area contributed by atoms with Crippen LogP contribution < -0.4 is 10.2 Å². The highest BCUT2D eigenvalue weighted by Crippen LogP contribution is 2.29.